The van der Waals surface area contributed by atoms with Crippen molar-refractivity contribution in [3.63, 3.8) is 0 Å². The second-order valence-electron chi connectivity index (χ2n) is 5.30. The highest BCUT2D eigenvalue weighted by Gasteiger charge is 2.22. The lowest BCUT2D eigenvalue weighted by Gasteiger charge is -2.27. The number of hydrogen-bond donors (Lipinski definition) is 1. The number of aryl methyl sites for hydroxylation is 1. The van der Waals surface area contributed by atoms with Crippen molar-refractivity contribution in [1.82, 2.24) is 5.32 Å². The molecule has 0 fully saturated rings. The molecule has 0 bridgehead atoms. The van der Waals surface area contributed by atoms with Gasteiger partial charge in [0.15, 0.2) is 0 Å². The van der Waals surface area contributed by atoms with Gasteiger partial charge in [0.1, 0.15) is 0 Å². The largest absolute Gasteiger partial charge is 0.375 e. The van der Waals surface area contributed by atoms with E-state index >= 15 is 0 Å². The first kappa shape index (κ1) is 16.2. The number of thiophene rings is 1. The minimum atomic E-state index is 0.108. The first-order chi connectivity index (χ1) is 10.3. The molecule has 2 unspecified atom stereocenters. The van der Waals surface area contributed by atoms with Crippen LogP contribution in [0, 0.1) is 0 Å². The highest BCUT2D eigenvalue weighted by molar-refractivity contribution is 7.07. The second-order valence-corrected chi connectivity index (χ2v) is 6.08. The topological polar surface area (TPSA) is 21.3 Å². The maximum atomic E-state index is 5.81. The first-order valence-corrected chi connectivity index (χ1v) is 8.61. The van der Waals surface area contributed by atoms with Crippen LogP contribution in [0.25, 0.3) is 0 Å². The SMILES string of the molecule is CCCNC(CCc1ccsc1)C(OC)c1ccccc1. The van der Waals surface area contributed by atoms with Crippen LogP contribution in [-0.4, -0.2) is 19.7 Å². The van der Waals surface area contributed by atoms with E-state index in [2.05, 4.69) is 59.4 Å². The minimum absolute atomic E-state index is 0.108. The van der Waals surface area contributed by atoms with E-state index in [4.69, 9.17) is 4.74 Å². The van der Waals surface area contributed by atoms with Gasteiger partial charge in [0, 0.05) is 13.2 Å². The minimum Gasteiger partial charge on any atom is -0.375 e. The van der Waals surface area contributed by atoms with E-state index in [0.29, 0.717) is 6.04 Å². The Labute approximate surface area is 132 Å². The smallest absolute Gasteiger partial charge is 0.0974 e. The van der Waals surface area contributed by atoms with E-state index < -0.39 is 0 Å². The predicted octanol–water partition coefficient (Wildman–Crippen LogP) is 4.44. The zero-order valence-corrected chi connectivity index (χ0v) is 13.7. The number of ether oxygens (including phenoxy) is 1. The molecule has 0 radical (unpaired) electrons. The Bertz CT molecular complexity index is 483. The van der Waals surface area contributed by atoms with Gasteiger partial charge in [-0.15, -0.1) is 0 Å². The van der Waals surface area contributed by atoms with Crippen molar-refractivity contribution in [1.29, 1.82) is 0 Å². The van der Waals surface area contributed by atoms with Gasteiger partial charge in [0.25, 0.3) is 0 Å². The van der Waals surface area contributed by atoms with Crippen LogP contribution in [0.4, 0.5) is 0 Å². The summed E-state index contributed by atoms with van der Waals surface area (Å²) in [6, 6.07) is 13.1. The van der Waals surface area contributed by atoms with Gasteiger partial charge in [-0.25, -0.2) is 0 Å². The lowest BCUT2D eigenvalue weighted by molar-refractivity contribution is 0.0650. The molecule has 0 aliphatic carbocycles. The molecule has 2 nitrogen and oxygen atoms in total. The van der Waals surface area contributed by atoms with Crippen LogP contribution in [0.5, 0.6) is 0 Å². The predicted molar refractivity (Wildman–Crippen MR) is 90.9 cm³/mol. The quantitative estimate of drug-likeness (QED) is 0.739. The molecular weight excluding hydrogens is 278 g/mol. The Balaban J connectivity index is 2.05. The zero-order chi connectivity index (χ0) is 14.9. The van der Waals surface area contributed by atoms with Crippen molar-refractivity contribution < 1.29 is 4.74 Å². The Morgan fingerprint density at radius 3 is 2.62 bits per heavy atom. The van der Waals surface area contributed by atoms with Crippen LogP contribution in [0.15, 0.2) is 47.2 Å². The molecule has 0 amide bonds. The molecule has 1 N–H and O–H groups in total. The van der Waals surface area contributed by atoms with Gasteiger partial charge < -0.3 is 10.1 Å². The molecular formula is C18H25NOS. The standard InChI is InChI=1S/C18H25NOS/c1-3-12-19-17(10-9-15-11-13-21-14-15)18(20-2)16-7-5-4-6-8-16/h4-8,11,13-14,17-19H,3,9-10,12H2,1-2H3. The summed E-state index contributed by atoms with van der Waals surface area (Å²) in [5, 5.41) is 8.04. The van der Waals surface area contributed by atoms with Crippen molar-refractivity contribution >= 4 is 11.3 Å². The van der Waals surface area contributed by atoms with Gasteiger partial charge in [0.05, 0.1) is 6.10 Å². The van der Waals surface area contributed by atoms with Crippen molar-refractivity contribution in [2.24, 2.45) is 0 Å². The molecule has 0 saturated carbocycles. The zero-order valence-electron chi connectivity index (χ0n) is 12.9. The molecule has 21 heavy (non-hydrogen) atoms. The maximum absolute atomic E-state index is 5.81. The third kappa shape index (κ3) is 4.95. The summed E-state index contributed by atoms with van der Waals surface area (Å²) in [4.78, 5) is 0. The molecule has 2 aromatic rings. The molecule has 0 aliphatic rings. The van der Waals surface area contributed by atoms with Gasteiger partial charge in [0.2, 0.25) is 0 Å². The van der Waals surface area contributed by atoms with Gasteiger partial charge in [-0.3, -0.25) is 0 Å². The third-order valence-electron chi connectivity index (χ3n) is 3.73. The summed E-state index contributed by atoms with van der Waals surface area (Å²) in [6.07, 6.45) is 3.43. The first-order valence-electron chi connectivity index (χ1n) is 7.67. The Kier molecular flexibility index (Phi) is 6.93. The van der Waals surface area contributed by atoms with Crippen LogP contribution >= 0.6 is 11.3 Å². The normalized spacial score (nSPS) is 14.0. The van der Waals surface area contributed by atoms with Gasteiger partial charge >= 0.3 is 0 Å². The number of nitrogens with one attached hydrogen (secondary N) is 1. The van der Waals surface area contributed by atoms with E-state index in [-0.39, 0.29) is 6.10 Å². The Hall–Kier alpha value is -1.16. The number of benzene rings is 1. The van der Waals surface area contributed by atoms with Crippen LogP contribution in [0.3, 0.4) is 0 Å². The molecule has 1 heterocycles. The highest BCUT2D eigenvalue weighted by atomic mass is 32.1. The Morgan fingerprint density at radius 1 is 1.19 bits per heavy atom. The van der Waals surface area contributed by atoms with E-state index in [0.717, 1.165) is 25.8 Å². The summed E-state index contributed by atoms with van der Waals surface area (Å²) >= 11 is 1.77. The lowest BCUT2D eigenvalue weighted by atomic mass is 9.96. The fraction of sp³-hybridized carbons (Fsp3) is 0.444. The molecule has 3 heteroatoms. The highest BCUT2D eigenvalue weighted by Crippen LogP contribution is 2.24. The fourth-order valence-corrected chi connectivity index (χ4v) is 3.33. The van der Waals surface area contributed by atoms with Crippen molar-refractivity contribution in [3.05, 3.63) is 58.3 Å². The van der Waals surface area contributed by atoms with Crippen molar-refractivity contribution in [3.8, 4) is 0 Å². The van der Waals surface area contributed by atoms with Gasteiger partial charge in [-0.1, -0.05) is 37.3 Å². The van der Waals surface area contributed by atoms with Crippen LogP contribution in [0.2, 0.25) is 0 Å². The van der Waals surface area contributed by atoms with E-state index in [9.17, 15) is 0 Å². The maximum Gasteiger partial charge on any atom is 0.0974 e. The molecule has 1 aromatic heterocycles. The fourth-order valence-electron chi connectivity index (χ4n) is 2.62. The summed E-state index contributed by atoms with van der Waals surface area (Å²) in [6.45, 7) is 3.23. The molecule has 0 spiro atoms. The number of rotatable bonds is 9. The second kappa shape index (κ2) is 8.98. The number of hydrogen-bond acceptors (Lipinski definition) is 3. The van der Waals surface area contributed by atoms with Crippen LogP contribution in [0.1, 0.15) is 37.0 Å². The monoisotopic (exact) mass is 303 g/mol. The van der Waals surface area contributed by atoms with E-state index in [1.54, 1.807) is 11.3 Å². The van der Waals surface area contributed by atoms with E-state index in [1.165, 1.54) is 11.1 Å². The molecule has 2 atom stereocenters. The summed E-state index contributed by atoms with van der Waals surface area (Å²) < 4.78 is 5.81. The molecule has 114 valence electrons. The summed E-state index contributed by atoms with van der Waals surface area (Å²) in [7, 11) is 1.81. The van der Waals surface area contributed by atoms with Crippen LogP contribution < -0.4 is 5.32 Å². The number of methoxy groups -OCH3 is 1. The van der Waals surface area contributed by atoms with Gasteiger partial charge in [-0.2, -0.15) is 11.3 Å². The van der Waals surface area contributed by atoms with Crippen molar-refractivity contribution in [2.75, 3.05) is 13.7 Å². The molecule has 0 aliphatic heterocycles. The average molecular weight is 303 g/mol. The summed E-state index contributed by atoms with van der Waals surface area (Å²) in [5.74, 6) is 0. The molecule has 2 rings (SSSR count). The summed E-state index contributed by atoms with van der Waals surface area (Å²) in [5.41, 5.74) is 2.67. The molecule has 0 saturated heterocycles. The third-order valence-corrected chi connectivity index (χ3v) is 4.46. The van der Waals surface area contributed by atoms with Crippen LogP contribution in [-0.2, 0) is 11.2 Å². The van der Waals surface area contributed by atoms with Gasteiger partial charge in [-0.05, 0) is 53.8 Å². The van der Waals surface area contributed by atoms with E-state index in [1.807, 2.05) is 7.11 Å². The lowest BCUT2D eigenvalue weighted by Crippen LogP contribution is -2.36. The van der Waals surface area contributed by atoms with Crippen molar-refractivity contribution in [2.45, 2.75) is 38.3 Å². The average Bonchev–Trinajstić information content (AvgIpc) is 3.04. The molecule has 1 aromatic carbocycles. The Morgan fingerprint density at radius 2 is 2.00 bits per heavy atom.